The molecule has 0 aliphatic carbocycles. The van der Waals surface area contributed by atoms with E-state index in [2.05, 4.69) is 29.3 Å². The Bertz CT molecular complexity index is 597. The van der Waals surface area contributed by atoms with Crippen LogP contribution in [0.3, 0.4) is 0 Å². The van der Waals surface area contributed by atoms with Gasteiger partial charge in [0.1, 0.15) is 5.82 Å². The highest BCUT2D eigenvalue weighted by atomic mass is 19.1. The Morgan fingerprint density at radius 2 is 1.90 bits per heavy atom. The second-order valence-electron chi connectivity index (χ2n) is 5.18. The highest BCUT2D eigenvalue weighted by Crippen LogP contribution is 2.33. The topological polar surface area (TPSA) is 15.3 Å². The molecule has 0 saturated carbocycles. The lowest BCUT2D eigenvalue weighted by atomic mass is 10.0. The lowest BCUT2D eigenvalue weighted by molar-refractivity contribution is 0.557. The van der Waals surface area contributed by atoms with Gasteiger partial charge >= 0.3 is 0 Å². The molecule has 2 aromatic rings. The zero-order valence-electron chi connectivity index (χ0n) is 11.6. The van der Waals surface area contributed by atoms with Crippen LogP contribution in [-0.4, -0.2) is 12.6 Å². The molecule has 20 heavy (non-hydrogen) atoms. The molecule has 104 valence electrons. The Labute approximate surface area is 119 Å². The Hall–Kier alpha value is -2.03. The van der Waals surface area contributed by atoms with E-state index in [-0.39, 0.29) is 5.82 Å². The van der Waals surface area contributed by atoms with Crippen LogP contribution in [0.4, 0.5) is 15.8 Å². The van der Waals surface area contributed by atoms with Crippen molar-refractivity contribution in [1.29, 1.82) is 0 Å². The van der Waals surface area contributed by atoms with E-state index in [1.165, 1.54) is 6.07 Å². The largest absolute Gasteiger partial charge is 0.381 e. The fourth-order valence-corrected chi connectivity index (χ4v) is 2.80. The van der Waals surface area contributed by atoms with E-state index in [0.717, 1.165) is 29.9 Å². The molecular formula is C17H19FN2. The molecule has 1 heterocycles. The van der Waals surface area contributed by atoms with Crippen molar-refractivity contribution >= 4 is 11.4 Å². The highest BCUT2D eigenvalue weighted by molar-refractivity contribution is 5.72. The van der Waals surface area contributed by atoms with E-state index in [0.29, 0.717) is 12.6 Å². The quantitative estimate of drug-likeness (QED) is 0.905. The second-order valence-corrected chi connectivity index (χ2v) is 5.18. The number of halogens is 1. The van der Waals surface area contributed by atoms with Crippen LogP contribution < -0.4 is 10.2 Å². The lowest BCUT2D eigenvalue weighted by Crippen LogP contribution is -2.43. The summed E-state index contributed by atoms with van der Waals surface area (Å²) in [5, 5.41) is 3.46. The SMILES string of the molecule is CCC1CNc2ccccc2N1Cc1ccccc1F. The monoisotopic (exact) mass is 270 g/mol. The van der Waals surface area contributed by atoms with E-state index in [4.69, 9.17) is 0 Å². The van der Waals surface area contributed by atoms with Crippen LogP contribution in [0.2, 0.25) is 0 Å². The van der Waals surface area contributed by atoms with Crippen molar-refractivity contribution in [2.45, 2.75) is 25.9 Å². The first-order valence-electron chi connectivity index (χ1n) is 7.12. The molecule has 1 aliphatic heterocycles. The van der Waals surface area contributed by atoms with Crippen molar-refractivity contribution in [3.8, 4) is 0 Å². The average Bonchev–Trinajstić information content (AvgIpc) is 2.50. The van der Waals surface area contributed by atoms with Crippen LogP contribution in [0.1, 0.15) is 18.9 Å². The highest BCUT2D eigenvalue weighted by Gasteiger charge is 2.25. The van der Waals surface area contributed by atoms with Gasteiger partial charge in [-0.1, -0.05) is 37.3 Å². The van der Waals surface area contributed by atoms with Crippen molar-refractivity contribution in [3.63, 3.8) is 0 Å². The first-order valence-corrected chi connectivity index (χ1v) is 7.12. The van der Waals surface area contributed by atoms with Gasteiger partial charge in [0.2, 0.25) is 0 Å². The Morgan fingerprint density at radius 3 is 2.70 bits per heavy atom. The van der Waals surface area contributed by atoms with Gasteiger partial charge in [-0.05, 0) is 24.6 Å². The van der Waals surface area contributed by atoms with Gasteiger partial charge in [-0.2, -0.15) is 0 Å². The van der Waals surface area contributed by atoms with Gasteiger partial charge in [-0.3, -0.25) is 0 Å². The summed E-state index contributed by atoms with van der Waals surface area (Å²) in [4.78, 5) is 2.31. The first-order chi connectivity index (χ1) is 9.79. The molecule has 1 aliphatic rings. The van der Waals surface area contributed by atoms with Crippen LogP contribution >= 0.6 is 0 Å². The number of fused-ring (bicyclic) bond motifs is 1. The molecule has 0 aromatic heterocycles. The molecule has 1 unspecified atom stereocenters. The number of rotatable bonds is 3. The zero-order valence-corrected chi connectivity index (χ0v) is 11.6. The molecule has 0 spiro atoms. The van der Waals surface area contributed by atoms with Crippen molar-refractivity contribution < 1.29 is 4.39 Å². The van der Waals surface area contributed by atoms with Crippen LogP contribution in [0.25, 0.3) is 0 Å². The minimum Gasteiger partial charge on any atom is -0.381 e. The van der Waals surface area contributed by atoms with Gasteiger partial charge in [0.05, 0.1) is 11.4 Å². The smallest absolute Gasteiger partial charge is 0.128 e. The molecule has 2 aromatic carbocycles. The van der Waals surface area contributed by atoms with Crippen LogP contribution in [-0.2, 0) is 6.54 Å². The summed E-state index contributed by atoms with van der Waals surface area (Å²) in [7, 11) is 0. The minimum absolute atomic E-state index is 0.127. The van der Waals surface area contributed by atoms with E-state index in [9.17, 15) is 4.39 Å². The van der Waals surface area contributed by atoms with E-state index in [1.807, 2.05) is 24.3 Å². The molecule has 0 fully saturated rings. The molecule has 2 nitrogen and oxygen atoms in total. The van der Waals surface area contributed by atoms with Crippen molar-refractivity contribution in [2.24, 2.45) is 0 Å². The summed E-state index contributed by atoms with van der Waals surface area (Å²) < 4.78 is 13.9. The fraction of sp³-hybridized carbons (Fsp3) is 0.294. The molecular weight excluding hydrogens is 251 g/mol. The third-order valence-electron chi connectivity index (χ3n) is 3.95. The molecule has 0 saturated heterocycles. The van der Waals surface area contributed by atoms with Gasteiger partial charge in [-0.25, -0.2) is 4.39 Å². The van der Waals surface area contributed by atoms with Crippen LogP contribution in [0.5, 0.6) is 0 Å². The average molecular weight is 270 g/mol. The molecule has 1 atom stereocenters. The summed E-state index contributed by atoms with van der Waals surface area (Å²) in [6, 6.07) is 15.7. The fourth-order valence-electron chi connectivity index (χ4n) is 2.80. The Morgan fingerprint density at radius 1 is 1.15 bits per heavy atom. The van der Waals surface area contributed by atoms with Crippen molar-refractivity contribution in [3.05, 3.63) is 59.9 Å². The second kappa shape index (κ2) is 5.53. The maximum atomic E-state index is 13.9. The summed E-state index contributed by atoms with van der Waals surface area (Å²) in [6.45, 7) is 3.69. The third kappa shape index (κ3) is 2.36. The first kappa shape index (κ1) is 13.0. The predicted molar refractivity (Wildman–Crippen MR) is 81.6 cm³/mol. The molecule has 0 radical (unpaired) electrons. The zero-order chi connectivity index (χ0) is 13.9. The number of anilines is 2. The van der Waals surface area contributed by atoms with E-state index < -0.39 is 0 Å². The Balaban J connectivity index is 1.95. The van der Waals surface area contributed by atoms with Gasteiger partial charge < -0.3 is 10.2 Å². The predicted octanol–water partition coefficient (Wildman–Crippen LogP) is 4.04. The van der Waals surface area contributed by atoms with E-state index in [1.54, 1.807) is 6.07 Å². The number of nitrogens with one attached hydrogen (secondary N) is 1. The van der Waals surface area contributed by atoms with Gasteiger partial charge in [0.25, 0.3) is 0 Å². The number of nitrogens with zero attached hydrogens (tertiary/aromatic N) is 1. The maximum Gasteiger partial charge on any atom is 0.128 e. The van der Waals surface area contributed by atoms with Gasteiger partial charge in [0, 0.05) is 24.7 Å². The standard InChI is InChI=1S/C17H19FN2/c1-2-14-11-19-16-9-5-6-10-17(16)20(14)12-13-7-3-4-8-15(13)18/h3-10,14,19H,2,11-12H2,1H3. The molecule has 0 bridgehead atoms. The third-order valence-corrected chi connectivity index (χ3v) is 3.95. The Kier molecular flexibility index (Phi) is 3.59. The van der Waals surface area contributed by atoms with E-state index >= 15 is 0 Å². The molecule has 3 rings (SSSR count). The summed E-state index contributed by atoms with van der Waals surface area (Å²) in [6.07, 6.45) is 1.04. The summed E-state index contributed by atoms with van der Waals surface area (Å²) in [5.74, 6) is -0.127. The molecule has 1 N–H and O–H groups in total. The van der Waals surface area contributed by atoms with Gasteiger partial charge in [-0.15, -0.1) is 0 Å². The molecule has 3 heteroatoms. The van der Waals surface area contributed by atoms with Crippen molar-refractivity contribution in [1.82, 2.24) is 0 Å². The lowest BCUT2D eigenvalue weighted by Gasteiger charge is -2.39. The number of benzene rings is 2. The van der Waals surface area contributed by atoms with Crippen molar-refractivity contribution in [2.75, 3.05) is 16.8 Å². The minimum atomic E-state index is -0.127. The molecule has 0 amide bonds. The number of hydrogen-bond acceptors (Lipinski definition) is 2. The normalized spacial score (nSPS) is 17.5. The van der Waals surface area contributed by atoms with Gasteiger partial charge in [0.15, 0.2) is 0 Å². The summed E-state index contributed by atoms with van der Waals surface area (Å²) >= 11 is 0. The van der Waals surface area contributed by atoms with Crippen LogP contribution in [0, 0.1) is 5.82 Å². The number of para-hydroxylation sites is 2. The van der Waals surface area contributed by atoms with Crippen LogP contribution in [0.15, 0.2) is 48.5 Å². The number of hydrogen-bond donors (Lipinski definition) is 1. The summed E-state index contributed by atoms with van der Waals surface area (Å²) in [5.41, 5.74) is 3.05. The maximum absolute atomic E-state index is 13.9.